The second kappa shape index (κ2) is 8.84. The van der Waals surface area contributed by atoms with E-state index in [0.29, 0.717) is 30.8 Å². The van der Waals surface area contributed by atoms with Crippen LogP contribution in [0, 0.1) is 17.0 Å². The number of ether oxygens (including phenoxy) is 2. The lowest BCUT2D eigenvalue weighted by Crippen LogP contribution is -2.37. The summed E-state index contributed by atoms with van der Waals surface area (Å²) in [5.41, 5.74) is 1.86. The molecule has 0 spiro atoms. The minimum absolute atomic E-state index is 0.00806. The summed E-state index contributed by atoms with van der Waals surface area (Å²) in [7, 11) is 1.61. The van der Waals surface area contributed by atoms with Gasteiger partial charge in [-0.15, -0.1) is 0 Å². The fourth-order valence-corrected chi connectivity index (χ4v) is 3.42. The molecule has 1 atom stereocenters. The molecule has 1 amide bonds. The summed E-state index contributed by atoms with van der Waals surface area (Å²) < 4.78 is 11.0. The van der Waals surface area contributed by atoms with Gasteiger partial charge in [0.25, 0.3) is 11.6 Å². The number of aryl methyl sites for hydroxylation is 1. The van der Waals surface area contributed by atoms with Gasteiger partial charge in [-0.3, -0.25) is 14.9 Å². The Kier molecular flexibility index (Phi) is 6.26. The van der Waals surface area contributed by atoms with E-state index >= 15 is 0 Å². The molecule has 2 aromatic carbocycles. The van der Waals surface area contributed by atoms with Crippen molar-refractivity contribution >= 4 is 11.6 Å². The molecule has 0 bridgehead atoms. The highest BCUT2D eigenvalue weighted by atomic mass is 16.6. The SMILES string of the molecule is COc1cccc(CN(CC2CCCO2)C(=O)c2ccc([N+](=O)[O-])c(C)c2)c1. The van der Waals surface area contributed by atoms with Crippen molar-refractivity contribution in [3.63, 3.8) is 0 Å². The summed E-state index contributed by atoms with van der Waals surface area (Å²) in [6.45, 7) is 3.24. The van der Waals surface area contributed by atoms with Crippen LogP contribution < -0.4 is 4.74 Å². The number of rotatable bonds is 7. The first-order valence-electron chi connectivity index (χ1n) is 9.27. The fraction of sp³-hybridized carbons (Fsp3) is 0.381. The summed E-state index contributed by atoms with van der Waals surface area (Å²) in [6, 6.07) is 12.1. The van der Waals surface area contributed by atoms with E-state index in [1.807, 2.05) is 24.3 Å². The Morgan fingerprint density at radius 3 is 2.79 bits per heavy atom. The van der Waals surface area contributed by atoms with E-state index in [9.17, 15) is 14.9 Å². The molecule has 28 heavy (non-hydrogen) atoms. The quantitative estimate of drug-likeness (QED) is 0.537. The molecule has 7 heteroatoms. The molecular formula is C21H24N2O5. The lowest BCUT2D eigenvalue weighted by Gasteiger charge is -2.26. The van der Waals surface area contributed by atoms with Crippen LogP contribution in [0.25, 0.3) is 0 Å². The summed E-state index contributed by atoms with van der Waals surface area (Å²) >= 11 is 0. The summed E-state index contributed by atoms with van der Waals surface area (Å²) in [5, 5.41) is 11.1. The van der Waals surface area contributed by atoms with Crippen LogP contribution in [-0.4, -0.2) is 42.1 Å². The van der Waals surface area contributed by atoms with Crippen molar-refractivity contribution in [1.82, 2.24) is 4.90 Å². The van der Waals surface area contributed by atoms with Crippen molar-refractivity contribution < 1.29 is 19.2 Å². The standard InChI is InChI=1S/C21H24N2O5/c1-15-11-17(8-9-20(15)23(25)26)21(24)22(14-19-7-4-10-28-19)13-16-5-3-6-18(12-16)27-2/h3,5-6,8-9,11-12,19H,4,7,10,13-14H2,1-2H3. The molecule has 1 aliphatic rings. The maximum Gasteiger partial charge on any atom is 0.272 e. The van der Waals surface area contributed by atoms with Crippen molar-refractivity contribution in [3.05, 3.63) is 69.3 Å². The van der Waals surface area contributed by atoms with Gasteiger partial charge in [-0.1, -0.05) is 12.1 Å². The van der Waals surface area contributed by atoms with E-state index in [1.165, 1.54) is 12.1 Å². The first-order valence-corrected chi connectivity index (χ1v) is 9.27. The number of carbonyl (C=O) groups excluding carboxylic acids is 1. The summed E-state index contributed by atoms with van der Waals surface area (Å²) in [4.78, 5) is 25.5. The van der Waals surface area contributed by atoms with Crippen LogP contribution >= 0.6 is 0 Å². The number of amides is 1. The van der Waals surface area contributed by atoms with Crippen molar-refractivity contribution in [2.45, 2.75) is 32.4 Å². The molecular weight excluding hydrogens is 360 g/mol. The first-order chi connectivity index (χ1) is 13.5. The van der Waals surface area contributed by atoms with Gasteiger partial charge in [0.2, 0.25) is 0 Å². The number of nitro benzene ring substituents is 1. The van der Waals surface area contributed by atoms with E-state index in [2.05, 4.69) is 0 Å². The second-order valence-electron chi connectivity index (χ2n) is 6.93. The van der Waals surface area contributed by atoms with Gasteiger partial charge in [0.1, 0.15) is 5.75 Å². The van der Waals surface area contributed by atoms with Gasteiger partial charge in [0.15, 0.2) is 0 Å². The molecule has 0 radical (unpaired) electrons. The third kappa shape index (κ3) is 4.67. The number of nitrogens with zero attached hydrogens (tertiary/aromatic N) is 2. The van der Waals surface area contributed by atoms with Crippen molar-refractivity contribution in [2.75, 3.05) is 20.3 Å². The van der Waals surface area contributed by atoms with Crippen molar-refractivity contribution in [3.8, 4) is 5.75 Å². The third-order valence-electron chi connectivity index (χ3n) is 4.88. The third-order valence-corrected chi connectivity index (χ3v) is 4.88. The zero-order chi connectivity index (χ0) is 20.1. The number of benzene rings is 2. The molecule has 2 aromatic rings. The van der Waals surface area contributed by atoms with Crippen LogP contribution in [0.15, 0.2) is 42.5 Å². The Labute approximate surface area is 164 Å². The van der Waals surface area contributed by atoms with Gasteiger partial charge >= 0.3 is 0 Å². The number of nitro groups is 1. The highest BCUT2D eigenvalue weighted by Crippen LogP contribution is 2.23. The Morgan fingerprint density at radius 1 is 1.32 bits per heavy atom. The summed E-state index contributed by atoms with van der Waals surface area (Å²) in [6.07, 6.45) is 1.91. The van der Waals surface area contributed by atoms with Crippen LogP contribution in [-0.2, 0) is 11.3 Å². The highest BCUT2D eigenvalue weighted by Gasteiger charge is 2.25. The molecule has 0 aliphatic carbocycles. The smallest absolute Gasteiger partial charge is 0.272 e. The van der Waals surface area contributed by atoms with Crippen LogP contribution in [0.3, 0.4) is 0 Å². The predicted molar refractivity (Wildman–Crippen MR) is 105 cm³/mol. The normalized spacial score (nSPS) is 16.0. The maximum absolute atomic E-state index is 13.2. The molecule has 0 aromatic heterocycles. The fourth-order valence-electron chi connectivity index (χ4n) is 3.42. The van der Waals surface area contributed by atoms with Crippen LogP contribution in [0.2, 0.25) is 0 Å². The highest BCUT2D eigenvalue weighted by molar-refractivity contribution is 5.94. The van der Waals surface area contributed by atoms with Crippen molar-refractivity contribution in [1.29, 1.82) is 0 Å². The monoisotopic (exact) mass is 384 g/mol. The molecule has 1 unspecified atom stereocenters. The topological polar surface area (TPSA) is 81.9 Å². The van der Waals surface area contributed by atoms with Crippen LogP contribution in [0.4, 0.5) is 5.69 Å². The van der Waals surface area contributed by atoms with E-state index in [1.54, 1.807) is 25.0 Å². The molecule has 148 valence electrons. The lowest BCUT2D eigenvalue weighted by molar-refractivity contribution is -0.385. The maximum atomic E-state index is 13.2. The average Bonchev–Trinajstić information content (AvgIpc) is 3.20. The Hall–Kier alpha value is -2.93. The molecule has 0 N–H and O–H groups in total. The number of methoxy groups -OCH3 is 1. The second-order valence-corrected chi connectivity index (χ2v) is 6.93. The van der Waals surface area contributed by atoms with E-state index in [4.69, 9.17) is 9.47 Å². The zero-order valence-electron chi connectivity index (χ0n) is 16.1. The molecule has 0 saturated carbocycles. The van der Waals surface area contributed by atoms with Gasteiger partial charge in [-0.05, 0) is 49.6 Å². The van der Waals surface area contributed by atoms with Crippen molar-refractivity contribution in [2.24, 2.45) is 0 Å². The lowest BCUT2D eigenvalue weighted by atomic mass is 10.1. The molecule has 7 nitrogen and oxygen atoms in total. The first kappa shape index (κ1) is 19.8. The molecule has 3 rings (SSSR count). The van der Waals surface area contributed by atoms with E-state index < -0.39 is 4.92 Å². The largest absolute Gasteiger partial charge is 0.497 e. The number of hydrogen-bond donors (Lipinski definition) is 0. The molecule has 1 aliphatic heterocycles. The number of hydrogen-bond acceptors (Lipinski definition) is 5. The van der Waals surface area contributed by atoms with E-state index in [0.717, 1.165) is 24.2 Å². The van der Waals surface area contributed by atoms with Crippen LogP contribution in [0.5, 0.6) is 5.75 Å². The van der Waals surface area contributed by atoms with Gasteiger partial charge < -0.3 is 14.4 Å². The number of carbonyl (C=O) groups is 1. The Morgan fingerprint density at radius 2 is 2.14 bits per heavy atom. The van der Waals surface area contributed by atoms with Crippen LogP contribution in [0.1, 0.15) is 34.3 Å². The average molecular weight is 384 g/mol. The zero-order valence-corrected chi connectivity index (χ0v) is 16.1. The molecule has 1 saturated heterocycles. The van der Waals surface area contributed by atoms with Gasteiger partial charge in [0.05, 0.1) is 18.1 Å². The van der Waals surface area contributed by atoms with Gasteiger partial charge in [-0.2, -0.15) is 0 Å². The molecule has 1 fully saturated rings. The Bertz CT molecular complexity index is 862. The minimum Gasteiger partial charge on any atom is -0.497 e. The van der Waals surface area contributed by atoms with Gasteiger partial charge in [-0.25, -0.2) is 0 Å². The van der Waals surface area contributed by atoms with Gasteiger partial charge in [0, 0.05) is 36.9 Å². The predicted octanol–water partition coefficient (Wildman–Crippen LogP) is 3.73. The molecule has 1 heterocycles. The Balaban J connectivity index is 1.85. The minimum atomic E-state index is -0.441. The summed E-state index contributed by atoms with van der Waals surface area (Å²) in [5.74, 6) is 0.560. The van der Waals surface area contributed by atoms with E-state index in [-0.39, 0.29) is 17.7 Å².